The molecule has 5 aliphatic rings. The second-order valence-corrected chi connectivity index (χ2v) is 11.6. The molecule has 0 amide bonds. The number of carboxylic acid groups (broad SMARTS) is 1. The molecule has 43 heavy (non-hydrogen) atoms. The molecule has 7 rings (SSSR count). The van der Waals surface area contributed by atoms with E-state index in [-0.39, 0.29) is 32.2 Å². The number of hydrogen-bond donors (Lipinski definition) is 1. The molecule has 9 heteroatoms. The SMILES string of the molecule is C=C(c1ccc(Oc2ccc(OCCOC(=O)CCC(=O)O)cc2)cc1)C1COC2(OO1)C1CC3CC(C1)CC2C3.CC. The monoisotopic (exact) mass is 594 g/mol. The Bertz CT molecular complexity index is 1220. The number of hydrogen-bond acceptors (Lipinski definition) is 8. The average molecular weight is 595 g/mol. The molecular weight excluding hydrogens is 552 g/mol. The molecule has 4 saturated carbocycles. The van der Waals surface area contributed by atoms with E-state index in [1.165, 1.54) is 32.1 Å². The first-order valence-corrected chi connectivity index (χ1v) is 15.4. The lowest BCUT2D eigenvalue weighted by atomic mass is 9.53. The highest BCUT2D eigenvalue weighted by Gasteiger charge is 2.61. The Morgan fingerprint density at radius 3 is 2.00 bits per heavy atom. The summed E-state index contributed by atoms with van der Waals surface area (Å²) in [5, 5.41) is 8.59. The van der Waals surface area contributed by atoms with Crippen molar-refractivity contribution in [2.45, 2.75) is 70.7 Å². The van der Waals surface area contributed by atoms with Gasteiger partial charge in [0.1, 0.15) is 36.6 Å². The van der Waals surface area contributed by atoms with Crippen LogP contribution in [0.1, 0.15) is 64.4 Å². The van der Waals surface area contributed by atoms with Crippen molar-refractivity contribution >= 4 is 17.5 Å². The number of esters is 1. The van der Waals surface area contributed by atoms with Gasteiger partial charge >= 0.3 is 11.9 Å². The molecule has 1 heterocycles. The Labute approximate surface area is 253 Å². The van der Waals surface area contributed by atoms with Crippen LogP contribution in [0.3, 0.4) is 0 Å². The Kier molecular flexibility index (Phi) is 10.1. The molecule has 9 nitrogen and oxygen atoms in total. The fraction of sp³-hybridized carbons (Fsp3) is 0.529. The smallest absolute Gasteiger partial charge is 0.306 e. The maximum absolute atomic E-state index is 11.4. The van der Waals surface area contributed by atoms with Crippen molar-refractivity contribution in [2.24, 2.45) is 23.7 Å². The molecule has 2 aromatic rings. The topological polar surface area (TPSA) is 110 Å². The summed E-state index contributed by atoms with van der Waals surface area (Å²) in [5.41, 5.74) is 1.74. The number of benzene rings is 2. The quantitative estimate of drug-likeness (QED) is 0.171. The highest BCUT2D eigenvalue weighted by molar-refractivity contribution is 5.76. The van der Waals surface area contributed by atoms with Gasteiger partial charge in [-0.1, -0.05) is 32.6 Å². The largest absolute Gasteiger partial charge is 0.490 e. The van der Waals surface area contributed by atoms with Crippen LogP contribution in [-0.4, -0.2) is 48.8 Å². The number of carbonyl (C=O) groups is 2. The Balaban J connectivity index is 0.00000180. The summed E-state index contributed by atoms with van der Waals surface area (Å²) in [6.07, 6.45) is 5.37. The molecule has 1 unspecified atom stereocenters. The third kappa shape index (κ3) is 7.22. The molecule has 4 bridgehead atoms. The summed E-state index contributed by atoms with van der Waals surface area (Å²) in [6, 6.07) is 14.7. The molecular formula is C34H42O9. The molecule has 5 fully saturated rings. The third-order valence-electron chi connectivity index (χ3n) is 8.86. The van der Waals surface area contributed by atoms with Crippen LogP contribution >= 0.6 is 0 Å². The van der Waals surface area contributed by atoms with Crippen molar-refractivity contribution < 1.29 is 43.4 Å². The zero-order valence-electron chi connectivity index (χ0n) is 25.0. The van der Waals surface area contributed by atoms with Crippen LogP contribution in [0, 0.1) is 23.7 Å². The minimum Gasteiger partial charge on any atom is -0.490 e. The van der Waals surface area contributed by atoms with Crippen molar-refractivity contribution in [2.75, 3.05) is 19.8 Å². The van der Waals surface area contributed by atoms with E-state index in [2.05, 4.69) is 6.58 Å². The van der Waals surface area contributed by atoms with Crippen LogP contribution < -0.4 is 9.47 Å². The van der Waals surface area contributed by atoms with Gasteiger partial charge in [-0.3, -0.25) is 9.59 Å². The molecule has 1 N–H and O–H groups in total. The van der Waals surface area contributed by atoms with E-state index in [1.54, 1.807) is 24.3 Å². The molecule has 232 valence electrons. The van der Waals surface area contributed by atoms with Crippen LogP contribution in [0.2, 0.25) is 0 Å². The second-order valence-electron chi connectivity index (χ2n) is 11.6. The molecule has 1 spiro atoms. The fourth-order valence-electron chi connectivity index (χ4n) is 7.02. The fourth-order valence-corrected chi connectivity index (χ4v) is 7.02. The second kappa shape index (κ2) is 13.9. The van der Waals surface area contributed by atoms with Crippen LogP contribution in [0.25, 0.3) is 5.57 Å². The molecule has 0 aromatic heterocycles. The van der Waals surface area contributed by atoms with Gasteiger partial charge in [-0.25, -0.2) is 4.89 Å². The average Bonchev–Trinajstić information content (AvgIpc) is 3.03. The maximum atomic E-state index is 11.4. The number of rotatable bonds is 11. The van der Waals surface area contributed by atoms with E-state index < -0.39 is 17.7 Å². The zero-order chi connectivity index (χ0) is 30.4. The number of carbonyl (C=O) groups excluding carboxylic acids is 1. The van der Waals surface area contributed by atoms with Gasteiger partial charge in [0.2, 0.25) is 5.79 Å². The summed E-state index contributed by atoms with van der Waals surface area (Å²) in [6.45, 7) is 8.91. The van der Waals surface area contributed by atoms with Crippen molar-refractivity contribution in [3.63, 3.8) is 0 Å². The van der Waals surface area contributed by atoms with Crippen LogP contribution in [-0.2, 0) is 28.8 Å². The lowest BCUT2D eigenvalue weighted by Gasteiger charge is -2.60. The summed E-state index contributed by atoms with van der Waals surface area (Å²) in [4.78, 5) is 34.0. The van der Waals surface area contributed by atoms with Gasteiger partial charge in [0.15, 0.2) is 0 Å². The van der Waals surface area contributed by atoms with Crippen molar-refractivity contribution in [1.29, 1.82) is 0 Å². The van der Waals surface area contributed by atoms with Gasteiger partial charge < -0.3 is 24.1 Å². The van der Waals surface area contributed by atoms with Gasteiger partial charge in [-0.15, -0.1) is 0 Å². The lowest BCUT2D eigenvalue weighted by molar-refractivity contribution is -0.517. The minimum atomic E-state index is -1.04. The first kappa shape index (κ1) is 31.0. The molecule has 2 aromatic carbocycles. The molecule has 0 radical (unpaired) electrons. The highest BCUT2D eigenvalue weighted by atomic mass is 17.2. The molecule has 1 atom stereocenters. The first-order valence-electron chi connectivity index (χ1n) is 15.4. The lowest BCUT2D eigenvalue weighted by Crippen LogP contribution is -2.63. The van der Waals surface area contributed by atoms with E-state index in [9.17, 15) is 9.59 Å². The van der Waals surface area contributed by atoms with E-state index in [0.29, 0.717) is 35.7 Å². The normalized spacial score (nSPS) is 28.5. The predicted octanol–water partition coefficient (Wildman–Crippen LogP) is 6.80. The van der Waals surface area contributed by atoms with Crippen LogP contribution in [0.4, 0.5) is 0 Å². The van der Waals surface area contributed by atoms with Crippen molar-refractivity contribution in [3.8, 4) is 17.2 Å². The van der Waals surface area contributed by atoms with Crippen molar-refractivity contribution in [3.05, 3.63) is 60.7 Å². The number of carboxylic acids is 1. The number of ether oxygens (including phenoxy) is 4. The first-order chi connectivity index (χ1) is 20.9. The Morgan fingerprint density at radius 1 is 0.860 bits per heavy atom. The highest BCUT2D eigenvalue weighted by Crippen LogP contribution is 2.60. The van der Waals surface area contributed by atoms with Crippen LogP contribution in [0.15, 0.2) is 55.1 Å². The Hall–Kier alpha value is -3.40. The maximum Gasteiger partial charge on any atom is 0.306 e. The predicted molar refractivity (Wildman–Crippen MR) is 158 cm³/mol. The van der Waals surface area contributed by atoms with Crippen molar-refractivity contribution in [1.82, 2.24) is 0 Å². The molecule has 1 aliphatic heterocycles. The summed E-state index contributed by atoms with van der Waals surface area (Å²) in [7, 11) is 0. The third-order valence-corrected chi connectivity index (χ3v) is 8.86. The van der Waals surface area contributed by atoms with Gasteiger partial charge in [-0.05, 0) is 91.5 Å². The Morgan fingerprint density at radius 2 is 1.44 bits per heavy atom. The van der Waals surface area contributed by atoms with Gasteiger partial charge in [-0.2, -0.15) is 4.89 Å². The van der Waals surface area contributed by atoms with Gasteiger partial charge in [0, 0.05) is 11.8 Å². The minimum absolute atomic E-state index is 0.0429. The molecule has 1 saturated heterocycles. The van der Waals surface area contributed by atoms with E-state index in [4.69, 9.17) is 33.8 Å². The summed E-state index contributed by atoms with van der Waals surface area (Å²) < 4.78 is 23.0. The van der Waals surface area contributed by atoms with E-state index in [0.717, 1.165) is 23.0 Å². The van der Waals surface area contributed by atoms with Gasteiger partial charge in [0.05, 0.1) is 19.4 Å². The zero-order valence-corrected chi connectivity index (χ0v) is 25.0. The van der Waals surface area contributed by atoms with Gasteiger partial charge in [0.25, 0.3) is 0 Å². The standard InChI is InChI=1S/C32H36O9.C2H6/c1-20(29-19-38-32(41-40-29)24-15-21-14-22(17-24)18-25(32)16-21)23-2-4-27(5-3-23)39-28-8-6-26(7-9-28)36-12-13-37-31(35)11-10-30(33)34;1-2/h2-9,21-22,24-25,29H,1,10-19H2,(H,33,34);1-2H3. The van der Waals surface area contributed by atoms with E-state index in [1.807, 2.05) is 38.1 Å². The molecule has 4 aliphatic carbocycles. The summed E-state index contributed by atoms with van der Waals surface area (Å²) >= 11 is 0. The van der Waals surface area contributed by atoms with Crippen LogP contribution in [0.5, 0.6) is 17.2 Å². The number of aliphatic carboxylic acids is 1. The van der Waals surface area contributed by atoms with E-state index >= 15 is 0 Å². The summed E-state index contributed by atoms with van der Waals surface area (Å²) in [5.74, 6) is 2.28.